The van der Waals surface area contributed by atoms with Crippen molar-refractivity contribution in [1.82, 2.24) is 0 Å². The Morgan fingerprint density at radius 2 is 0.875 bits per heavy atom. The first-order valence-corrected chi connectivity index (χ1v) is 5.23. The lowest BCUT2D eigenvalue weighted by molar-refractivity contribution is 1.65. The van der Waals surface area contributed by atoms with Crippen LogP contribution in [-0.2, 0) is 0 Å². The van der Waals surface area contributed by atoms with E-state index in [1.165, 1.54) is 11.1 Å². The Hall–Kier alpha value is -2.08. The Balaban J connectivity index is 0.000000606. The highest BCUT2D eigenvalue weighted by Gasteiger charge is 1.84. The van der Waals surface area contributed by atoms with Gasteiger partial charge in [-0.15, -0.1) is 13.2 Å². The highest BCUT2D eigenvalue weighted by atomic mass is 13.9. The molecule has 0 saturated heterocycles. The minimum atomic E-state index is 1.23. The van der Waals surface area contributed by atoms with Crippen LogP contribution >= 0.6 is 0 Å². The zero-order valence-corrected chi connectivity index (χ0v) is 9.34. The van der Waals surface area contributed by atoms with Gasteiger partial charge in [0.05, 0.1) is 0 Å². The van der Waals surface area contributed by atoms with Gasteiger partial charge in [-0.3, -0.25) is 0 Å². The van der Waals surface area contributed by atoms with Gasteiger partial charge >= 0.3 is 0 Å². The summed E-state index contributed by atoms with van der Waals surface area (Å²) in [7, 11) is 0. The predicted molar refractivity (Wildman–Crippen MR) is 73.1 cm³/mol. The van der Waals surface area contributed by atoms with Gasteiger partial charge in [-0.2, -0.15) is 0 Å². The number of rotatable bonds is 2. The van der Waals surface area contributed by atoms with Crippen LogP contribution in [0.5, 0.6) is 0 Å². The van der Waals surface area contributed by atoms with E-state index in [1.807, 2.05) is 36.4 Å². The number of benzene rings is 2. The third-order valence-electron chi connectivity index (χ3n) is 2.07. The van der Waals surface area contributed by atoms with E-state index in [0.717, 1.165) is 0 Å². The summed E-state index contributed by atoms with van der Waals surface area (Å²) in [4.78, 5) is 0. The highest BCUT2D eigenvalue weighted by Crippen LogP contribution is 2.06. The van der Waals surface area contributed by atoms with Gasteiger partial charge in [-0.25, -0.2) is 0 Å². The standard InChI is InChI=1S/C14H12.C2H4/c1-3-7-13(8-4-1)11-12-14-9-5-2-6-10-14;1-2/h1-12H;1-2H2/b12-11+;. The Morgan fingerprint density at radius 1 is 0.562 bits per heavy atom. The van der Waals surface area contributed by atoms with Gasteiger partial charge in [0, 0.05) is 0 Å². The van der Waals surface area contributed by atoms with Crippen molar-refractivity contribution in [3.8, 4) is 0 Å². The molecule has 0 fully saturated rings. The van der Waals surface area contributed by atoms with Crippen LogP contribution < -0.4 is 0 Å². The van der Waals surface area contributed by atoms with Gasteiger partial charge in [0.25, 0.3) is 0 Å². The fourth-order valence-corrected chi connectivity index (χ4v) is 1.32. The Labute approximate surface area is 97.6 Å². The molecule has 2 rings (SSSR count). The smallest absolute Gasteiger partial charge is 0.0256 e. The van der Waals surface area contributed by atoms with Crippen LogP contribution in [-0.4, -0.2) is 0 Å². The van der Waals surface area contributed by atoms with Crippen molar-refractivity contribution >= 4 is 12.2 Å². The fraction of sp³-hybridized carbons (Fsp3) is 0. The van der Waals surface area contributed by atoms with Crippen molar-refractivity contribution in [1.29, 1.82) is 0 Å². The maximum Gasteiger partial charge on any atom is -0.0256 e. The molecule has 0 spiro atoms. The first kappa shape index (κ1) is 12.0. The van der Waals surface area contributed by atoms with Crippen molar-refractivity contribution in [2.24, 2.45) is 0 Å². The van der Waals surface area contributed by atoms with Gasteiger partial charge < -0.3 is 0 Å². The Morgan fingerprint density at radius 3 is 1.19 bits per heavy atom. The lowest BCUT2D eigenvalue weighted by Crippen LogP contribution is -1.70. The monoisotopic (exact) mass is 208 g/mol. The van der Waals surface area contributed by atoms with Crippen LogP contribution in [0.3, 0.4) is 0 Å². The minimum absolute atomic E-state index is 1.23. The molecule has 0 heteroatoms. The summed E-state index contributed by atoms with van der Waals surface area (Å²) in [5.74, 6) is 0. The summed E-state index contributed by atoms with van der Waals surface area (Å²) in [6.07, 6.45) is 4.24. The van der Waals surface area contributed by atoms with Crippen molar-refractivity contribution in [3.05, 3.63) is 84.9 Å². The van der Waals surface area contributed by atoms with E-state index >= 15 is 0 Å². The maximum atomic E-state index is 3.00. The summed E-state index contributed by atoms with van der Waals surface area (Å²) < 4.78 is 0. The molecule has 0 heterocycles. The quantitative estimate of drug-likeness (QED) is 0.497. The molecule has 0 amide bonds. The minimum Gasteiger partial charge on any atom is -0.106 e. The van der Waals surface area contributed by atoms with Gasteiger partial charge in [0.2, 0.25) is 0 Å². The molecule has 2 aromatic carbocycles. The van der Waals surface area contributed by atoms with Crippen LogP contribution in [0.1, 0.15) is 11.1 Å². The topological polar surface area (TPSA) is 0 Å². The van der Waals surface area contributed by atoms with E-state index in [9.17, 15) is 0 Å². The number of hydrogen-bond acceptors (Lipinski definition) is 0. The molecule has 16 heavy (non-hydrogen) atoms. The second-order valence-corrected chi connectivity index (χ2v) is 3.15. The molecule has 2 aromatic rings. The first-order valence-electron chi connectivity index (χ1n) is 5.23. The van der Waals surface area contributed by atoms with Gasteiger partial charge in [-0.1, -0.05) is 72.8 Å². The Bertz CT molecular complexity index is 371. The van der Waals surface area contributed by atoms with Crippen LogP contribution in [0, 0.1) is 0 Å². The van der Waals surface area contributed by atoms with E-state index < -0.39 is 0 Å². The lowest BCUT2D eigenvalue weighted by atomic mass is 10.1. The fourth-order valence-electron chi connectivity index (χ4n) is 1.32. The van der Waals surface area contributed by atoms with E-state index in [2.05, 4.69) is 49.6 Å². The molecule has 0 saturated carbocycles. The van der Waals surface area contributed by atoms with Crippen LogP contribution in [0.15, 0.2) is 73.8 Å². The van der Waals surface area contributed by atoms with Crippen molar-refractivity contribution in [3.63, 3.8) is 0 Å². The lowest BCUT2D eigenvalue weighted by Gasteiger charge is -1.92. The molecule has 0 aliphatic heterocycles. The SMILES string of the molecule is C(=C\c1ccccc1)/c1ccccc1.C=C. The second-order valence-electron chi connectivity index (χ2n) is 3.15. The normalized spacial score (nSPS) is 9.50. The maximum absolute atomic E-state index is 3.00. The largest absolute Gasteiger partial charge is 0.106 e. The molecular weight excluding hydrogens is 192 g/mol. The summed E-state index contributed by atoms with van der Waals surface area (Å²) >= 11 is 0. The van der Waals surface area contributed by atoms with Crippen molar-refractivity contribution < 1.29 is 0 Å². The average Bonchev–Trinajstić information content (AvgIpc) is 2.41. The molecule has 0 aromatic heterocycles. The molecule has 0 aliphatic carbocycles. The summed E-state index contributed by atoms with van der Waals surface area (Å²) in [5, 5.41) is 0. The van der Waals surface area contributed by atoms with E-state index in [1.54, 1.807) is 0 Å². The molecule has 0 radical (unpaired) electrons. The predicted octanol–water partition coefficient (Wildman–Crippen LogP) is 4.66. The zero-order valence-electron chi connectivity index (χ0n) is 9.34. The zero-order chi connectivity index (χ0) is 11.6. The van der Waals surface area contributed by atoms with Gasteiger partial charge in [-0.05, 0) is 11.1 Å². The third kappa shape index (κ3) is 3.97. The van der Waals surface area contributed by atoms with Crippen molar-refractivity contribution in [2.75, 3.05) is 0 Å². The van der Waals surface area contributed by atoms with Gasteiger partial charge in [0.15, 0.2) is 0 Å². The van der Waals surface area contributed by atoms with E-state index in [0.29, 0.717) is 0 Å². The number of hydrogen-bond donors (Lipinski definition) is 0. The molecule has 0 N–H and O–H groups in total. The third-order valence-corrected chi connectivity index (χ3v) is 2.07. The summed E-state index contributed by atoms with van der Waals surface area (Å²) in [5.41, 5.74) is 2.47. The van der Waals surface area contributed by atoms with Crippen LogP contribution in [0.2, 0.25) is 0 Å². The second kappa shape index (κ2) is 7.24. The van der Waals surface area contributed by atoms with Crippen molar-refractivity contribution in [2.45, 2.75) is 0 Å². The summed E-state index contributed by atoms with van der Waals surface area (Å²) in [6.45, 7) is 6.00. The summed E-state index contributed by atoms with van der Waals surface area (Å²) in [6, 6.07) is 20.6. The van der Waals surface area contributed by atoms with Gasteiger partial charge in [0.1, 0.15) is 0 Å². The molecule has 80 valence electrons. The first-order chi connectivity index (χ1) is 7.95. The molecule has 0 nitrogen and oxygen atoms in total. The van der Waals surface area contributed by atoms with E-state index in [4.69, 9.17) is 0 Å². The molecule has 0 aliphatic rings. The molecule has 0 atom stereocenters. The molecule has 0 bridgehead atoms. The highest BCUT2D eigenvalue weighted by molar-refractivity contribution is 5.69. The van der Waals surface area contributed by atoms with Crippen LogP contribution in [0.25, 0.3) is 12.2 Å². The average molecular weight is 208 g/mol. The Kier molecular flexibility index (Phi) is 5.43. The van der Waals surface area contributed by atoms with Crippen LogP contribution in [0.4, 0.5) is 0 Å². The molecular formula is C16H16. The van der Waals surface area contributed by atoms with E-state index in [-0.39, 0.29) is 0 Å². The molecule has 0 unspecified atom stereocenters.